The molecule has 0 fully saturated rings. The summed E-state index contributed by atoms with van der Waals surface area (Å²) in [6.07, 6.45) is 1.98. The van der Waals surface area contributed by atoms with E-state index >= 15 is 0 Å². The lowest BCUT2D eigenvalue weighted by Gasteiger charge is -2.20. The first-order valence-electron chi connectivity index (χ1n) is 9.67. The minimum atomic E-state index is -0.0492. The van der Waals surface area contributed by atoms with E-state index in [1.54, 1.807) is 11.8 Å². The van der Waals surface area contributed by atoms with Gasteiger partial charge in [-0.15, -0.1) is 11.8 Å². The van der Waals surface area contributed by atoms with Crippen LogP contribution in [0.25, 0.3) is 16.9 Å². The number of aryl methyl sites for hydroxylation is 1. The molecule has 0 saturated carbocycles. The Hall–Kier alpha value is -2.95. The molecule has 4 aromatic rings. The minimum absolute atomic E-state index is 0.0492. The van der Waals surface area contributed by atoms with Gasteiger partial charge in [-0.2, -0.15) is 0 Å². The summed E-state index contributed by atoms with van der Waals surface area (Å²) in [5.74, 6) is -0.0492. The molecule has 0 atom stereocenters. The van der Waals surface area contributed by atoms with E-state index in [0.717, 1.165) is 27.4 Å². The van der Waals surface area contributed by atoms with Gasteiger partial charge in [-0.1, -0.05) is 91.1 Å². The Labute approximate surface area is 186 Å². The molecule has 1 heterocycles. The first-order chi connectivity index (χ1) is 14.6. The number of rotatable bonds is 5. The molecule has 30 heavy (non-hydrogen) atoms. The quantitative estimate of drug-likeness (QED) is 0.192. The highest BCUT2D eigenvalue weighted by atomic mass is 32.2. The van der Waals surface area contributed by atoms with Gasteiger partial charge in [0.15, 0.2) is 5.78 Å². The fraction of sp³-hybridized carbons (Fsp3) is 0.0769. The van der Waals surface area contributed by atoms with E-state index in [0.29, 0.717) is 15.8 Å². The predicted molar refractivity (Wildman–Crippen MR) is 128 cm³/mol. The summed E-state index contributed by atoms with van der Waals surface area (Å²) in [4.78, 5) is 14.4. The van der Waals surface area contributed by atoms with Crippen LogP contribution in [-0.2, 0) is 0 Å². The van der Waals surface area contributed by atoms with Gasteiger partial charge in [-0.25, -0.2) is 0 Å². The number of hydrogen-bond acceptors (Lipinski definition) is 3. The first-order valence-corrected chi connectivity index (χ1v) is 11.3. The second-order valence-corrected chi connectivity index (χ2v) is 8.20. The molecular weight excluding hydrogens is 406 g/mol. The highest BCUT2D eigenvalue weighted by Gasteiger charge is 2.21. The minimum Gasteiger partial charge on any atom is -0.300 e. The second-order valence-electron chi connectivity index (χ2n) is 6.96. The van der Waals surface area contributed by atoms with Gasteiger partial charge in [-0.05, 0) is 36.4 Å². The lowest BCUT2D eigenvalue weighted by molar-refractivity contribution is 0.103. The number of thioether (sulfide) groups is 1. The Kier molecular flexibility index (Phi) is 5.98. The summed E-state index contributed by atoms with van der Waals surface area (Å²) < 4.78 is 2.57. The van der Waals surface area contributed by atoms with E-state index in [4.69, 9.17) is 12.2 Å². The van der Waals surface area contributed by atoms with Gasteiger partial charge >= 0.3 is 0 Å². The Bertz CT molecular complexity index is 1260. The average Bonchev–Trinajstić information content (AvgIpc) is 2.80. The predicted octanol–water partition coefficient (Wildman–Crippen LogP) is 7.14. The van der Waals surface area contributed by atoms with E-state index in [2.05, 4.69) is 31.2 Å². The maximum absolute atomic E-state index is 13.5. The third-order valence-corrected chi connectivity index (χ3v) is 6.23. The molecule has 0 N–H and O–H groups in total. The maximum atomic E-state index is 13.5. The molecule has 0 aliphatic rings. The van der Waals surface area contributed by atoms with Crippen LogP contribution in [-0.4, -0.2) is 16.6 Å². The Morgan fingerprint density at radius 2 is 1.47 bits per heavy atom. The van der Waals surface area contributed by atoms with Crippen LogP contribution in [0.4, 0.5) is 0 Å². The van der Waals surface area contributed by atoms with Crippen molar-refractivity contribution in [1.82, 2.24) is 4.57 Å². The summed E-state index contributed by atoms with van der Waals surface area (Å²) in [6.45, 7) is 2.06. The number of nitrogens with zero attached hydrogens (tertiary/aromatic N) is 1. The molecule has 0 bridgehead atoms. The van der Waals surface area contributed by atoms with E-state index in [1.807, 2.05) is 77.6 Å². The number of aromatic nitrogens is 1. The molecule has 0 aliphatic carbocycles. The monoisotopic (exact) mass is 427 g/mol. The standard InChI is InChI=1S/C26H21NOS2/c1-18-11-9-10-16-21(18)27-22(19-12-5-3-6-13-19)17-23(30-2)24(26(27)29)25(28)20-14-7-4-8-15-20/h3-17H,1-2H3. The summed E-state index contributed by atoms with van der Waals surface area (Å²) in [5.41, 5.74) is 5.33. The van der Waals surface area contributed by atoms with E-state index in [1.165, 1.54) is 0 Å². The van der Waals surface area contributed by atoms with Gasteiger partial charge in [0.05, 0.1) is 11.3 Å². The average molecular weight is 428 g/mol. The van der Waals surface area contributed by atoms with Gasteiger partial charge in [0.2, 0.25) is 0 Å². The first kappa shape index (κ1) is 20.3. The van der Waals surface area contributed by atoms with Crippen molar-refractivity contribution in [3.63, 3.8) is 0 Å². The summed E-state index contributed by atoms with van der Waals surface area (Å²) in [6, 6.07) is 29.7. The molecule has 0 radical (unpaired) electrons. The number of carbonyl (C=O) groups is 1. The van der Waals surface area contributed by atoms with E-state index in [-0.39, 0.29) is 5.78 Å². The molecule has 2 nitrogen and oxygen atoms in total. The van der Waals surface area contributed by atoms with Gasteiger partial charge in [0.1, 0.15) is 4.64 Å². The van der Waals surface area contributed by atoms with Crippen molar-refractivity contribution in [2.24, 2.45) is 0 Å². The van der Waals surface area contributed by atoms with Crippen molar-refractivity contribution in [3.8, 4) is 16.9 Å². The largest absolute Gasteiger partial charge is 0.300 e. The van der Waals surface area contributed by atoms with Crippen molar-refractivity contribution < 1.29 is 4.79 Å². The number of para-hydroxylation sites is 1. The van der Waals surface area contributed by atoms with Gasteiger partial charge in [0, 0.05) is 16.1 Å². The van der Waals surface area contributed by atoms with Gasteiger partial charge in [0.25, 0.3) is 0 Å². The van der Waals surface area contributed by atoms with Gasteiger partial charge < -0.3 is 0 Å². The Morgan fingerprint density at radius 3 is 2.10 bits per heavy atom. The zero-order chi connectivity index (χ0) is 21.1. The highest BCUT2D eigenvalue weighted by Crippen LogP contribution is 2.33. The molecular formula is C26H21NOS2. The number of ketones is 1. The molecule has 0 amide bonds. The lowest BCUT2D eigenvalue weighted by Crippen LogP contribution is -2.12. The number of carbonyl (C=O) groups excluding carboxylic acids is 1. The molecule has 0 aliphatic heterocycles. The highest BCUT2D eigenvalue weighted by molar-refractivity contribution is 7.98. The zero-order valence-electron chi connectivity index (χ0n) is 16.8. The Morgan fingerprint density at radius 1 is 0.867 bits per heavy atom. The summed E-state index contributed by atoms with van der Waals surface area (Å²) in [5, 5.41) is 0. The van der Waals surface area contributed by atoms with Crippen molar-refractivity contribution in [2.75, 3.05) is 6.26 Å². The van der Waals surface area contributed by atoms with Crippen molar-refractivity contribution in [3.05, 3.63) is 112 Å². The normalized spacial score (nSPS) is 10.7. The summed E-state index contributed by atoms with van der Waals surface area (Å²) >= 11 is 7.53. The van der Waals surface area contributed by atoms with Crippen molar-refractivity contribution >= 4 is 29.8 Å². The van der Waals surface area contributed by atoms with Crippen LogP contribution in [0, 0.1) is 11.6 Å². The van der Waals surface area contributed by atoms with Crippen LogP contribution in [0.3, 0.4) is 0 Å². The molecule has 0 unspecified atom stereocenters. The fourth-order valence-electron chi connectivity index (χ4n) is 3.57. The molecule has 3 aromatic carbocycles. The van der Waals surface area contributed by atoms with E-state index in [9.17, 15) is 4.79 Å². The molecule has 0 saturated heterocycles. The fourth-order valence-corrected chi connectivity index (χ4v) is 4.65. The van der Waals surface area contributed by atoms with Gasteiger partial charge in [-0.3, -0.25) is 9.36 Å². The topological polar surface area (TPSA) is 22.0 Å². The third kappa shape index (κ3) is 3.76. The van der Waals surface area contributed by atoms with Crippen LogP contribution >= 0.6 is 24.0 Å². The maximum Gasteiger partial charge on any atom is 0.197 e. The van der Waals surface area contributed by atoms with Crippen LogP contribution in [0.15, 0.2) is 95.9 Å². The zero-order valence-corrected chi connectivity index (χ0v) is 18.5. The summed E-state index contributed by atoms with van der Waals surface area (Å²) in [7, 11) is 0. The molecule has 4 rings (SSSR count). The molecule has 148 valence electrons. The van der Waals surface area contributed by atoms with Crippen LogP contribution < -0.4 is 0 Å². The number of hydrogen-bond donors (Lipinski definition) is 0. The molecule has 4 heteroatoms. The van der Waals surface area contributed by atoms with E-state index < -0.39 is 0 Å². The number of pyridine rings is 1. The third-order valence-electron chi connectivity index (χ3n) is 5.08. The SMILES string of the molecule is CSc1cc(-c2ccccc2)n(-c2ccccc2C)c(=S)c1C(=O)c1ccccc1. The van der Waals surface area contributed by atoms with Crippen LogP contribution in [0.5, 0.6) is 0 Å². The molecule has 0 spiro atoms. The van der Waals surface area contributed by atoms with Crippen molar-refractivity contribution in [2.45, 2.75) is 11.8 Å². The lowest BCUT2D eigenvalue weighted by atomic mass is 10.0. The number of benzene rings is 3. The second kappa shape index (κ2) is 8.82. The van der Waals surface area contributed by atoms with Crippen molar-refractivity contribution in [1.29, 1.82) is 0 Å². The molecule has 1 aromatic heterocycles. The Balaban J connectivity index is 2.07. The van der Waals surface area contributed by atoms with Crippen LogP contribution in [0.1, 0.15) is 21.5 Å². The smallest absolute Gasteiger partial charge is 0.197 e. The van der Waals surface area contributed by atoms with Crippen LogP contribution in [0.2, 0.25) is 0 Å².